The summed E-state index contributed by atoms with van der Waals surface area (Å²) in [4.78, 5) is 10.9. The van der Waals surface area contributed by atoms with Crippen molar-refractivity contribution in [2.24, 2.45) is 0 Å². The lowest BCUT2D eigenvalue weighted by atomic mass is 10.2. The van der Waals surface area contributed by atoms with Crippen molar-refractivity contribution >= 4 is 5.78 Å². The molecule has 74 valence electrons. The molecule has 1 aromatic rings. The smallest absolute Gasteiger partial charge is 0.156 e. The van der Waals surface area contributed by atoms with E-state index in [4.69, 9.17) is 0 Å². The van der Waals surface area contributed by atoms with Crippen molar-refractivity contribution in [1.82, 2.24) is 5.32 Å². The molecule has 2 heteroatoms. The number of carbonyl (C=O) groups excluding carboxylic acids is 1. The Hall–Kier alpha value is -1.57. The molecule has 0 aliphatic carbocycles. The summed E-state index contributed by atoms with van der Waals surface area (Å²) in [5.41, 5.74) is 1.96. The van der Waals surface area contributed by atoms with Crippen molar-refractivity contribution in [3.8, 4) is 0 Å². The molecule has 0 aliphatic heterocycles. The molecule has 0 fully saturated rings. The van der Waals surface area contributed by atoms with Gasteiger partial charge in [0, 0.05) is 18.3 Å². The molecule has 0 saturated heterocycles. The summed E-state index contributed by atoms with van der Waals surface area (Å²) in [5, 5.41) is 3.10. The summed E-state index contributed by atoms with van der Waals surface area (Å²) in [6.07, 6.45) is 1.76. The van der Waals surface area contributed by atoms with Crippen molar-refractivity contribution in [3.63, 3.8) is 0 Å². The molecule has 0 amide bonds. The highest BCUT2D eigenvalue weighted by Crippen LogP contribution is 1.98. The Kier molecular flexibility index (Phi) is 3.92. The van der Waals surface area contributed by atoms with Crippen LogP contribution in [0, 0.1) is 0 Å². The minimum atomic E-state index is 0.102. The molecule has 1 N–H and O–H groups in total. The zero-order chi connectivity index (χ0) is 10.4. The Bertz CT molecular complexity index is 327. The van der Waals surface area contributed by atoms with Crippen LogP contribution in [0.1, 0.15) is 19.4 Å². The first-order valence-electron chi connectivity index (χ1n) is 4.65. The highest BCUT2D eigenvalue weighted by molar-refractivity contribution is 5.92. The van der Waals surface area contributed by atoms with Crippen LogP contribution in [0.5, 0.6) is 0 Å². The Morgan fingerprint density at radius 1 is 1.29 bits per heavy atom. The van der Waals surface area contributed by atoms with E-state index in [2.05, 4.69) is 5.32 Å². The molecule has 0 bridgehead atoms. The highest BCUT2D eigenvalue weighted by atomic mass is 16.1. The van der Waals surface area contributed by atoms with Crippen LogP contribution in [0.4, 0.5) is 0 Å². The summed E-state index contributed by atoms with van der Waals surface area (Å²) >= 11 is 0. The van der Waals surface area contributed by atoms with Gasteiger partial charge in [0.1, 0.15) is 0 Å². The molecule has 1 rings (SSSR count). The number of ketones is 1. The summed E-state index contributed by atoms with van der Waals surface area (Å²) in [6.45, 7) is 4.13. The normalized spacial score (nSPS) is 11.1. The van der Waals surface area contributed by atoms with Crippen LogP contribution in [-0.2, 0) is 11.3 Å². The Labute approximate surface area is 84.6 Å². The number of rotatable bonds is 4. The zero-order valence-corrected chi connectivity index (χ0v) is 8.58. The first kappa shape index (κ1) is 10.5. The molecule has 0 atom stereocenters. The molecule has 0 radical (unpaired) electrons. The minimum Gasteiger partial charge on any atom is -0.386 e. The van der Waals surface area contributed by atoms with Gasteiger partial charge in [-0.2, -0.15) is 0 Å². The molecule has 0 aromatic heterocycles. The van der Waals surface area contributed by atoms with Crippen molar-refractivity contribution in [2.45, 2.75) is 20.4 Å². The van der Waals surface area contributed by atoms with Crippen LogP contribution in [0.3, 0.4) is 0 Å². The molecule has 0 heterocycles. The van der Waals surface area contributed by atoms with Crippen LogP contribution in [0.15, 0.2) is 42.1 Å². The third-order valence-electron chi connectivity index (χ3n) is 2.02. The van der Waals surface area contributed by atoms with E-state index in [0.717, 1.165) is 12.1 Å². The second kappa shape index (κ2) is 5.22. The molecule has 1 aromatic carbocycles. The third-order valence-corrected chi connectivity index (χ3v) is 2.02. The predicted octanol–water partition coefficient (Wildman–Crippen LogP) is 2.27. The van der Waals surface area contributed by atoms with E-state index in [9.17, 15) is 4.79 Å². The van der Waals surface area contributed by atoms with Gasteiger partial charge >= 0.3 is 0 Å². The van der Waals surface area contributed by atoms with Gasteiger partial charge in [-0.25, -0.2) is 0 Å². The average molecular weight is 189 g/mol. The van der Waals surface area contributed by atoms with E-state index in [0.29, 0.717) is 0 Å². The highest BCUT2D eigenvalue weighted by Gasteiger charge is 1.94. The van der Waals surface area contributed by atoms with Crippen LogP contribution >= 0.6 is 0 Å². The van der Waals surface area contributed by atoms with Crippen LogP contribution < -0.4 is 5.32 Å². The molecular formula is C12H15NO. The number of hydrogen-bond acceptors (Lipinski definition) is 2. The maximum Gasteiger partial charge on any atom is 0.156 e. The fourth-order valence-corrected chi connectivity index (χ4v) is 1.02. The Balaban J connectivity index is 2.43. The van der Waals surface area contributed by atoms with Gasteiger partial charge < -0.3 is 5.32 Å². The van der Waals surface area contributed by atoms with E-state index in [1.54, 1.807) is 20.0 Å². The monoisotopic (exact) mass is 189 g/mol. The lowest BCUT2D eigenvalue weighted by Crippen LogP contribution is -2.07. The second-order valence-corrected chi connectivity index (χ2v) is 3.25. The quantitative estimate of drug-likeness (QED) is 0.736. The molecule has 0 unspecified atom stereocenters. The lowest BCUT2D eigenvalue weighted by molar-refractivity contribution is -0.113. The van der Waals surface area contributed by atoms with E-state index in [1.165, 1.54) is 5.56 Å². The van der Waals surface area contributed by atoms with Gasteiger partial charge in [0.25, 0.3) is 0 Å². The van der Waals surface area contributed by atoms with Gasteiger partial charge in [-0.1, -0.05) is 30.3 Å². The predicted molar refractivity (Wildman–Crippen MR) is 57.7 cm³/mol. The Morgan fingerprint density at radius 2 is 1.93 bits per heavy atom. The van der Waals surface area contributed by atoms with Gasteiger partial charge in [0.2, 0.25) is 0 Å². The first-order chi connectivity index (χ1) is 6.70. The van der Waals surface area contributed by atoms with Crippen LogP contribution in [0.25, 0.3) is 0 Å². The number of benzene rings is 1. The van der Waals surface area contributed by atoms with Crippen molar-refractivity contribution in [2.75, 3.05) is 0 Å². The average Bonchev–Trinajstić information content (AvgIpc) is 2.19. The lowest BCUT2D eigenvalue weighted by Gasteiger charge is -2.01. The number of allylic oxidation sites excluding steroid dienone is 1. The summed E-state index contributed by atoms with van der Waals surface area (Å²) in [6, 6.07) is 10.1. The molecule has 0 saturated carbocycles. The van der Waals surface area contributed by atoms with E-state index in [-0.39, 0.29) is 5.78 Å². The largest absolute Gasteiger partial charge is 0.386 e. The van der Waals surface area contributed by atoms with Crippen molar-refractivity contribution in [1.29, 1.82) is 0 Å². The summed E-state index contributed by atoms with van der Waals surface area (Å²) in [5.74, 6) is 0.102. The third kappa shape index (κ3) is 3.44. The number of Topliss-reactive ketones (excluding diaryl/α,β-unsaturated/α-hetero) is 1. The fourth-order valence-electron chi connectivity index (χ4n) is 1.02. The number of nitrogens with one attached hydrogen (secondary N) is 1. The summed E-state index contributed by atoms with van der Waals surface area (Å²) < 4.78 is 0. The van der Waals surface area contributed by atoms with Gasteiger partial charge in [-0.3, -0.25) is 4.79 Å². The fraction of sp³-hybridized carbons (Fsp3) is 0.250. The minimum absolute atomic E-state index is 0.102. The van der Waals surface area contributed by atoms with E-state index >= 15 is 0 Å². The van der Waals surface area contributed by atoms with Crippen LogP contribution in [-0.4, -0.2) is 5.78 Å². The SMILES string of the molecule is CC(=O)/C(C)=C\NCc1ccccc1. The van der Waals surface area contributed by atoms with Gasteiger partial charge in [0.15, 0.2) is 5.78 Å². The van der Waals surface area contributed by atoms with Gasteiger partial charge in [-0.15, -0.1) is 0 Å². The maximum atomic E-state index is 10.9. The van der Waals surface area contributed by atoms with Crippen molar-refractivity contribution < 1.29 is 4.79 Å². The standard InChI is InChI=1S/C12H15NO/c1-10(11(2)14)8-13-9-12-6-4-3-5-7-12/h3-8,13H,9H2,1-2H3/b10-8-. The Morgan fingerprint density at radius 3 is 2.50 bits per heavy atom. The maximum absolute atomic E-state index is 10.9. The van der Waals surface area contributed by atoms with E-state index < -0.39 is 0 Å². The number of carbonyl (C=O) groups is 1. The molecule has 2 nitrogen and oxygen atoms in total. The second-order valence-electron chi connectivity index (χ2n) is 3.25. The van der Waals surface area contributed by atoms with Gasteiger partial charge in [0.05, 0.1) is 0 Å². The van der Waals surface area contributed by atoms with Gasteiger partial charge in [-0.05, 0) is 19.4 Å². The summed E-state index contributed by atoms with van der Waals surface area (Å²) in [7, 11) is 0. The van der Waals surface area contributed by atoms with Crippen molar-refractivity contribution in [3.05, 3.63) is 47.7 Å². The van der Waals surface area contributed by atoms with Crippen LogP contribution in [0.2, 0.25) is 0 Å². The molecule has 14 heavy (non-hydrogen) atoms. The zero-order valence-electron chi connectivity index (χ0n) is 8.58. The van der Waals surface area contributed by atoms with E-state index in [1.807, 2.05) is 30.3 Å². The first-order valence-corrected chi connectivity index (χ1v) is 4.65. The number of hydrogen-bond donors (Lipinski definition) is 1. The molecule has 0 aliphatic rings. The topological polar surface area (TPSA) is 29.1 Å². The molecule has 0 spiro atoms. The molecular weight excluding hydrogens is 174 g/mol.